The molecule has 1 aromatic carbocycles. The third kappa shape index (κ3) is 3.57. The van der Waals surface area contributed by atoms with E-state index < -0.39 is 17.1 Å². The standard InChI is InChI=1S/C14H14ClFN2O2S/c1-21-8-2-7-18-13(19)11(12(15)17-14(18)20)9-3-5-10(16)6-4-9/h3-6H,2,7-8H2,1H3,(H,17,20). The van der Waals surface area contributed by atoms with Crippen molar-refractivity contribution in [3.05, 3.63) is 56.1 Å². The summed E-state index contributed by atoms with van der Waals surface area (Å²) in [7, 11) is 0. The Kier molecular flexibility index (Phi) is 5.25. The predicted molar refractivity (Wildman–Crippen MR) is 84.7 cm³/mol. The van der Waals surface area contributed by atoms with E-state index in [9.17, 15) is 14.0 Å². The minimum absolute atomic E-state index is 0.0299. The van der Waals surface area contributed by atoms with E-state index in [1.165, 1.54) is 24.3 Å². The fourth-order valence-corrected chi connectivity index (χ4v) is 2.67. The van der Waals surface area contributed by atoms with Gasteiger partial charge in [0.05, 0.1) is 5.56 Å². The molecule has 0 aliphatic carbocycles. The summed E-state index contributed by atoms with van der Waals surface area (Å²) < 4.78 is 14.1. The van der Waals surface area contributed by atoms with E-state index in [0.717, 1.165) is 10.3 Å². The Morgan fingerprint density at radius 2 is 1.95 bits per heavy atom. The molecule has 7 heteroatoms. The van der Waals surface area contributed by atoms with Crippen LogP contribution in [0.1, 0.15) is 6.42 Å². The number of thioether (sulfide) groups is 1. The first-order chi connectivity index (χ1) is 10.0. The number of hydrogen-bond acceptors (Lipinski definition) is 3. The van der Waals surface area contributed by atoms with Gasteiger partial charge < -0.3 is 0 Å². The third-order valence-corrected chi connectivity index (χ3v) is 3.98. The number of hydrogen-bond donors (Lipinski definition) is 1. The second-order valence-corrected chi connectivity index (χ2v) is 5.79. The minimum atomic E-state index is -0.531. The van der Waals surface area contributed by atoms with Crippen LogP contribution in [-0.2, 0) is 6.54 Å². The molecule has 0 spiro atoms. The second-order valence-electron chi connectivity index (χ2n) is 4.43. The number of benzene rings is 1. The van der Waals surface area contributed by atoms with Crippen molar-refractivity contribution >= 4 is 23.4 Å². The van der Waals surface area contributed by atoms with Crippen LogP contribution < -0.4 is 11.2 Å². The number of nitrogens with zero attached hydrogens (tertiary/aromatic N) is 1. The maximum Gasteiger partial charge on any atom is 0.329 e. The van der Waals surface area contributed by atoms with Crippen LogP contribution in [0.3, 0.4) is 0 Å². The maximum atomic E-state index is 13.0. The van der Waals surface area contributed by atoms with Gasteiger partial charge in [0.15, 0.2) is 0 Å². The number of aromatic amines is 1. The Labute approximate surface area is 130 Å². The SMILES string of the molecule is CSCCCn1c(=O)[nH]c(Cl)c(-c2ccc(F)cc2)c1=O. The fourth-order valence-electron chi connectivity index (χ4n) is 1.98. The molecule has 0 bridgehead atoms. The van der Waals surface area contributed by atoms with E-state index in [1.54, 1.807) is 11.8 Å². The van der Waals surface area contributed by atoms with Gasteiger partial charge in [0, 0.05) is 6.54 Å². The van der Waals surface area contributed by atoms with Crippen LogP contribution in [0.25, 0.3) is 11.1 Å². The first-order valence-corrected chi connectivity index (χ1v) is 8.09. The molecule has 0 radical (unpaired) electrons. The van der Waals surface area contributed by atoms with E-state index in [-0.39, 0.29) is 10.7 Å². The topological polar surface area (TPSA) is 54.9 Å². The van der Waals surface area contributed by atoms with Crippen molar-refractivity contribution in [2.75, 3.05) is 12.0 Å². The van der Waals surface area contributed by atoms with E-state index in [0.29, 0.717) is 18.5 Å². The molecule has 0 saturated heterocycles. The number of H-pyrrole nitrogens is 1. The predicted octanol–water partition coefficient (Wildman–Crippen LogP) is 2.75. The van der Waals surface area contributed by atoms with Crippen LogP contribution in [0, 0.1) is 5.82 Å². The van der Waals surface area contributed by atoms with Crippen molar-refractivity contribution in [2.45, 2.75) is 13.0 Å². The van der Waals surface area contributed by atoms with E-state index in [1.807, 2.05) is 6.26 Å². The molecule has 0 fully saturated rings. The Balaban J connectivity index is 2.51. The Bertz CT molecular complexity index is 740. The molecule has 0 atom stereocenters. The van der Waals surface area contributed by atoms with Gasteiger partial charge in [0.1, 0.15) is 11.0 Å². The lowest BCUT2D eigenvalue weighted by atomic mass is 10.1. The molecule has 0 aliphatic heterocycles. The highest BCUT2D eigenvalue weighted by Gasteiger charge is 2.14. The van der Waals surface area contributed by atoms with Gasteiger partial charge in [-0.1, -0.05) is 23.7 Å². The number of halogens is 2. The first kappa shape index (κ1) is 15.9. The molecule has 0 aliphatic rings. The molecule has 1 heterocycles. The normalized spacial score (nSPS) is 10.8. The van der Waals surface area contributed by atoms with E-state index >= 15 is 0 Å². The van der Waals surface area contributed by atoms with Gasteiger partial charge in [-0.3, -0.25) is 14.3 Å². The van der Waals surface area contributed by atoms with Crippen molar-refractivity contribution in [3.63, 3.8) is 0 Å². The first-order valence-electron chi connectivity index (χ1n) is 6.32. The monoisotopic (exact) mass is 328 g/mol. The summed E-state index contributed by atoms with van der Waals surface area (Å²) in [5.41, 5.74) is -0.338. The van der Waals surface area contributed by atoms with Crippen molar-refractivity contribution in [3.8, 4) is 11.1 Å². The van der Waals surface area contributed by atoms with Crippen LogP contribution >= 0.6 is 23.4 Å². The molecule has 2 rings (SSSR count). The summed E-state index contributed by atoms with van der Waals surface area (Å²) in [5, 5.41) is -0.0299. The lowest BCUT2D eigenvalue weighted by molar-refractivity contribution is 0.620. The largest absolute Gasteiger partial charge is 0.329 e. The summed E-state index contributed by atoms with van der Waals surface area (Å²) in [6.07, 6.45) is 2.66. The molecule has 1 aromatic heterocycles. The van der Waals surface area contributed by atoms with Crippen LogP contribution in [0.4, 0.5) is 4.39 Å². The number of aromatic nitrogens is 2. The van der Waals surface area contributed by atoms with Gasteiger partial charge in [-0.05, 0) is 36.1 Å². The third-order valence-electron chi connectivity index (χ3n) is 3.00. The quantitative estimate of drug-likeness (QED) is 0.678. The van der Waals surface area contributed by atoms with Crippen molar-refractivity contribution < 1.29 is 4.39 Å². The van der Waals surface area contributed by atoms with Gasteiger partial charge in [0.25, 0.3) is 5.56 Å². The van der Waals surface area contributed by atoms with Crippen molar-refractivity contribution in [2.24, 2.45) is 0 Å². The minimum Gasteiger partial charge on any atom is -0.297 e. The second kappa shape index (κ2) is 6.95. The molecule has 0 amide bonds. The zero-order valence-electron chi connectivity index (χ0n) is 11.4. The lowest BCUT2D eigenvalue weighted by Gasteiger charge is -2.09. The molecule has 0 unspecified atom stereocenters. The molecular weight excluding hydrogens is 315 g/mol. The molecule has 2 aromatic rings. The van der Waals surface area contributed by atoms with E-state index in [2.05, 4.69) is 4.98 Å². The molecular formula is C14H14ClFN2O2S. The zero-order chi connectivity index (χ0) is 15.4. The highest BCUT2D eigenvalue weighted by molar-refractivity contribution is 7.98. The van der Waals surface area contributed by atoms with Gasteiger partial charge in [-0.2, -0.15) is 11.8 Å². The summed E-state index contributed by atoms with van der Waals surface area (Å²) in [6, 6.07) is 5.41. The van der Waals surface area contributed by atoms with E-state index in [4.69, 9.17) is 11.6 Å². The Morgan fingerprint density at radius 1 is 1.29 bits per heavy atom. The van der Waals surface area contributed by atoms with Gasteiger partial charge in [-0.15, -0.1) is 0 Å². The van der Waals surface area contributed by atoms with Gasteiger partial charge >= 0.3 is 5.69 Å². The summed E-state index contributed by atoms with van der Waals surface area (Å²) in [5.74, 6) is 0.444. The molecule has 21 heavy (non-hydrogen) atoms. The number of rotatable bonds is 5. The summed E-state index contributed by atoms with van der Waals surface area (Å²) in [6.45, 7) is 0.320. The Morgan fingerprint density at radius 3 is 2.57 bits per heavy atom. The highest BCUT2D eigenvalue weighted by Crippen LogP contribution is 2.21. The average molecular weight is 329 g/mol. The van der Waals surface area contributed by atoms with Crippen LogP contribution in [0.15, 0.2) is 33.9 Å². The average Bonchev–Trinajstić information content (AvgIpc) is 2.44. The number of nitrogens with one attached hydrogen (secondary N) is 1. The van der Waals surface area contributed by atoms with Crippen molar-refractivity contribution in [1.82, 2.24) is 9.55 Å². The zero-order valence-corrected chi connectivity index (χ0v) is 12.9. The Hall–Kier alpha value is -1.53. The van der Waals surface area contributed by atoms with Gasteiger partial charge in [-0.25, -0.2) is 9.18 Å². The molecule has 0 saturated carbocycles. The highest BCUT2D eigenvalue weighted by atomic mass is 35.5. The van der Waals surface area contributed by atoms with Crippen LogP contribution in [0.2, 0.25) is 5.15 Å². The smallest absolute Gasteiger partial charge is 0.297 e. The summed E-state index contributed by atoms with van der Waals surface area (Å²) >= 11 is 7.62. The summed E-state index contributed by atoms with van der Waals surface area (Å²) in [4.78, 5) is 26.8. The lowest BCUT2D eigenvalue weighted by Crippen LogP contribution is -2.36. The molecule has 4 nitrogen and oxygen atoms in total. The van der Waals surface area contributed by atoms with Crippen LogP contribution in [-0.4, -0.2) is 21.6 Å². The van der Waals surface area contributed by atoms with Gasteiger partial charge in [0.2, 0.25) is 0 Å². The molecule has 1 N–H and O–H groups in total. The maximum absolute atomic E-state index is 13.0. The van der Waals surface area contributed by atoms with Crippen LogP contribution in [0.5, 0.6) is 0 Å². The van der Waals surface area contributed by atoms with Crippen molar-refractivity contribution in [1.29, 1.82) is 0 Å². The molecule has 112 valence electrons. The fraction of sp³-hybridized carbons (Fsp3) is 0.286.